The third-order valence-corrected chi connectivity index (χ3v) is 7.74. The van der Waals surface area contributed by atoms with Crippen LogP contribution in [0.15, 0.2) is 54.6 Å². The number of piperidine rings is 1. The monoisotopic (exact) mass is 559 g/mol. The van der Waals surface area contributed by atoms with Crippen molar-refractivity contribution in [1.29, 1.82) is 0 Å². The maximum Gasteiger partial charge on any atom is 0.491 e. The van der Waals surface area contributed by atoms with E-state index in [-0.39, 0.29) is 29.0 Å². The third-order valence-electron chi connectivity index (χ3n) is 7.74. The molecule has 2 aromatic carbocycles. The van der Waals surface area contributed by atoms with Gasteiger partial charge >= 0.3 is 18.1 Å². The number of alkyl halides is 3. The van der Waals surface area contributed by atoms with Crippen molar-refractivity contribution in [2.75, 3.05) is 18.4 Å². The van der Waals surface area contributed by atoms with E-state index < -0.39 is 30.1 Å². The molecular weight excluding hydrogens is 527 g/mol. The minimum atomic E-state index is -5.30. The molecule has 0 spiro atoms. The molecule has 3 N–H and O–H groups in total. The van der Waals surface area contributed by atoms with Crippen molar-refractivity contribution in [3.05, 3.63) is 65.7 Å². The lowest BCUT2D eigenvalue weighted by atomic mass is 9.79. The topological polar surface area (TPSA) is 119 Å². The van der Waals surface area contributed by atoms with E-state index in [0.29, 0.717) is 25.4 Å². The highest BCUT2D eigenvalue weighted by Gasteiger charge is 2.43. The fraction of sp³-hybridized carbons (Fsp3) is 0.448. The maximum atomic E-state index is 13.7. The van der Waals surface area contributed by atoms with Gasteiger partial charge in [-0.05, 0) is 80.8 Å². The molecule has 2 atom stereocenters. The number of rotatable bonds is 6. The van der Waals surface area contributed by atoms with E-state index in [2.05, 4.69) is 10.1 Å². The molecule has 2 amide bonds. The summed E-state index contributed by atoms with van der Waals surface area (Å²) in [6.45, 7) is 1.05. The summed E-state index contributed by atoms with van der Waals surface area (Å²) in [7, 11) is 0. The highest BCUT2D eigenvalue weighted by molar-refractivity contribution is 6.00. The summed E-state index contributed by atoms with van der Waals surface area (Å²) < 4.78 is 41.0. The van der Waals surface area contributed by atoms with Crippen LogP contribution in [-0.4, -0.2) is 54.0 Å². The summed E-state index contributed by atoms with van der Waals surface area (Å²) in [6.07, 6.45) is -0.617. The number of nitrogens with zero attached hydrogens (tertiary/aromatic N) is 1. The summed E-state index contributed by atoms with van der Waals surface area (Å²) in [5, 5.41) is 2.80. The number of benzene rings is 2. The van der Waals surface area contributed by atoms with Crippen LogP contribution in [0.25, 0.3) is 0 Å². The van der Waals surface area contributed by atoms with Crippen LogP contribution in [0.1, 0.15) is 60.4 Å². The molecule has 8 nitrogen and oxygen atoms in total. The van der Waals surface area contributed by atoms with Crippen molar-refractivity contribution in [3.63, 3.8) is 0 Å². The molecular formula is C29H32F3N3O5. The zero-order chi connectivity index (χ0) is 28.9. The summed E-state index contributed by atoms with van der Waals surface area (Å²) in [6, 6.07) is 13.7. The molecule has 2 fully saturated rings. The number of hydrogen-bond acceptors (Lipinski definition) is 6. The summed E-state index contributed by atoms with van der Waals surface area (Å²) in [4.78, 5) is 52.0. The second kappa shape index (κ2) is 12.6. The van der Waals surface area contributed by atoms with Gasteiger partial charge in [0.25, 0.3) is 0 Å². The van der Waals surface area contributed by atoms with Gasteiger partial charge in [-0.2, -0.15) is 13.2 Å². The van der Waals surface area contributed by atoms with Crippen molar-refractivity contribution in [2.24, 2.45) is 17.6 Å². The number of nitrogens with one attached hydrogen (secondary N) is 1. The molecule has 0 aromatic heterocycles. The predicted molar refractivity (Wildman–Crippen MR) is 140 cm³/mol. The predicted octanol–water partition coefficient (Wildman–Crippen LogP) is 4.41. The van der Waals surface area contributed by atoms with Gasteiger partial charge in [-0.1, -0.05) is 30.3 Å². The Morgan fingerprint density at radius 1 is 0.925 bits per heavy atom. The number of hydrogen-bond donors (Lipinski definition) is 2. The van der Waals surface area contributed by atoms with Crippen molar-refractivity contribution in [1.82, 2.24) is 4.90 Å². The van der Waals surface area contributed by atoms with E-state index in [1.165, 1.54) is 12.1 Å². The van der Waals surface area contributed by atoms with E-state index in [0.717, 1.165) is 49.8 Å². The molecule has 1 aliphatic carbocycles. The largest absolute Gasteiger partial charge is 0.491 e. The van der Waals surface area contributed by atoms with E-state index in [1.54, 1.807) is 4.90 Å². The van der Waals surface area contributed by atoms with Gasteiger partial charge in [-0.15, -0.1) is 0 Å². The molecule has 1 heterocycles. The second-order valence-electron chi connectivity index (χ2n) is 10.3. The Kier molecular flexibility index (Phi) is 9.24. The number of carbonyl (C=O) groups is 4. The summed E-state index contributed by atoms with van der Waals surface area (Å²) in [5.41, 5.74) is 6.74. The number of halogens is 3. The van der Waals surface area contributed by atoms with Crippen LogP contribution < -0.4 is 11.1 Å². The van der Waals surface area contributed by atoms with Gasteiger partial charge in [0.05, 0.1) is 5.56 Å². The Balaban J connectivity index is 1.52. The molecule has 1 saturated carbocycles. The lowest BCUT2D eigenvalue weighted by molar-refractivity contribution is -0.193. The SMILES string of the molecule is NCC1CCC(C(=O)N2CCCC(c3ccccc3)C2C(=O)Nc2ccc(C(=O)OC(=O)C(F)(F)F)cc2)CC1. The number of anilines is 1. The normalized spacial score (nSPS) is 23.2. The van der Waals surface area contributed by atoms with Gasteiger partial charge in [0.2, 0.25) is 11.8 Å². The maximum absolute atomic E-state index is 13.7. The Bertz CT molecular complexity index is 1210. The van der Waals surface area contributed by atoms with E-state index >= 15 is 0 Å². The van der Waals surface area contributed by atoms with Crippen LogP contribution in [-0.2, 0) is 19.1 Å². The van der Waals surface area contributed by atoms with Crippen LogP contribution >= 0.6 is 0 Å². The van der Waals surface area contributed by atoms with E-state index in [4.69, 9.17) is 5.73 Å². The van der Waals surface area contributed by atoms with Crippen molar-refractivity contribution in [3.8, 4) is 0 Å². The lowest BCUT2D eigenvalue weighted by Gasteiger charge is -2.42. The van der Waals surface area contributed by atoms with Crippen molar-refractivity contribution < 1.29 is 37.1 Å². The molecule has 2 unspecified atom stereocenters. The highest BCUT2D eigenvalue weighted by Crippen LogP contribution is 2.37. The van der Waals surface area contributed by atoms with Crippen LogP contribution in [0.2, 0.25) is 0 Å². The first kappa shape index (κ1) is 29.3. The number of carbonyl (C=O) groups excluding carboxylic acids is 4. The third kappa shape index (κ3) is 6.88. The minimum absolute atomic E-state index is 0.0383. The van der Waals surface area contributed by atoms with Gasteiger partial charge in [0, 0.05) is 24.1 Å². The Labute approximate surface area is 230 Å². The Hall–Kier alpha value is -3.73. The quantitative estimate of drug-likeness (QED) is 0.400. The lowest BCUT2D eigenvalue weighted by Crippen LogP contribution is -2.55. The molecule has 214 valence electrons. The molecule has 11 heteroatoms. The Morgan fingerprint density at radius 3 is 2.17 bits per heavy atom. The average molecular weight is 560 g/mol. The molecule has 2 aliphatic rings. The molecule has 0 bridgehead atoms. The van der Waals surface area contributed by atoms with Crippen LogP contribution in [0.5, 0.6) is 0 Å². The molecule has 40 heavy (non-hydrogen) atoms. The molecule has 1 aliphatic heterocycles. The number of esters is 2. The first-order valence-corrected chi connectivity index (χ1v) is 13.4. The molecule has 1 saturated heterocycles. The fourth-order valence-electron chi connectivity index (χ4n) is 5.60. The van der Waals surface area contributed by atoms with Crippen molar-refractivity contribution in [2.45, 2.75) is 56.7 Å². The smallest absolute Gasteiger partial charge is 0.383 e. The second-order valence-corrected chi connectivity index (χ2v) is 10.3. The van der Waals surface area contributed by atoms with Crippen molar-refractivity contribution >= 4 is 29.4 Å². The standard InChI is InChI=1S/C29H32F3N3O5/c30-29(31,32)28(39)40-27(38)21-12-14-22(15-13-21)34-25(36)24-23(19-5-2-1-3-6-19)7-4-16-35(24)26(37)20-10-8-18(17-33)9-11-20/h1-3,5-6,12-15,18,20,23-24H,4,7-11,16-17,33H2,(H,34,36). The van der Waals surface area contributed by atoms with E-state index in [1.807, 2.05) is 30.3 Å². The highest BCUT2D eigenvalue weighted by atomic mass is 19.4. The number of ether oxygens (including phenoxy) is 1. The summed E-state index contributed by atoms with van der Waals surface area (Å²) >= 11 is 0. The number of nitrogens with two attached hydrogens (primary N) is 1. The fourth-order valence-corrected chi connectivity index (χ4v) is 5.60. The molecule has 4 rings (SSSR count). The first-order chi connectivity index (χ1) is 19.1. The van der Waals surface area contributed by atoms with Crippen LogP contribution in [0, 0.1) is 11.8 Å². The Morgan fingerprint density at radius 2 is 1.57 bits per heavy atom. The summed E-state index contributed by atoms with van der Waals surface area (Å²) in [5.74, 6) is -4.50. The van der Waals surface area contributed by atoms with Gasteiger partial charge in [-0.3, -0.25) is 9.59 Å². The van der Waals surface area contributed by atoms with Crippen LogP contribution in [0.4, 0.5) is 18.9 Å². The zero-order valence-electron chi connectivity index (χ0n) is 21.9. The van der Waals surface area contributed by atoms with Gasteiger partial charge in [0.15, 0.2) is 0 Å². The van der Waals surface area contributed by atoms with E-state index in [9.17, 15) is 32.3 Å². The molecule has 2 aromatic rings. The first-order valence-electron chi connectivity index (χ1n) is 13.4. The molecule has 0 radical (unpaired) electrons. The van der Waals surface area contributed by atoms with Gasteiger partial charge in [0.1, 0.15) is 6.04 Å². The van der Waals surface area contributed by atoms with Gasteiger partial charge in [-0.25, -0.2) is 9.59 Å². The zero-order valence-corrected chi connectivity index (χ0v) is 21.9. The number of likely N-dealkylation sites (tertiary alicyclic amines) is 1. The minimum Gasteiger partial charge on any atom is -0.383 e. The van der Waals surface area contributed by atoms with Gasteiger partial charge < -0.3 is 20.7 Å². The van der Waals surface area contributed by atoms with Crippen LogP contribution in [0.3, 0.4) is 0 Å². The number of amides is 2. The average Bonchev–Trinajstić information content (AvgIpc) is 2.96.